The second-order valence-corrected chi connectivity index (χ2v) is 9.79. The molecule has 0 fully saturated rings. The highest BCUT2D eigenvalue weighted by Gasteiger charge is 2.24. The maximum absolute atomic E-state index is 8.46. The number of nitrogens with one attached hydrogen (secondary N) is 1. The van der Waals surface area contributed by atoms with Gasteiger partial charge < -0.3 is 0 Å². The van der Waals surface area contributed by atoms with E-state index in [1.54, 1.807) is 12.2 Å². The summed E-state index contributed by atoms with van der Waals surface area (Å²) in [5, 5.41) is 9.41. The minimum atomic E-state index is 0.333. The average Bonchev–Trinajstić information content (AvgIpc) is 3.39. The van der Waals surface area contributed by atoms with Crippen LogP contribution in [0, 0.1) is 5.41 Å². The van der Waals surface area contributed by atoms with Gasteiger partial charge in [-0.15, -0.1) is 0 Å². The lowest BCUT2D eigenvalue weighted by Crippen LogP contribution is -2.18. The Kier molecular flexibility index (Phi) is 5.76. The Morgan fingerprint density at radius 2 is 1.52 bits per heavy atom. The maximum atomic E-state index is 8.46. The molecule has 2 heterocycles. The first-order valence-corrected chi connectivity index (χ1v) is 13.3. The Morgan fingerprint density at radius 1 is 0.775 bits per heavy atom. The van der Waals surface area contributed by atoms with Gasteiger partial charge in [-0.05, 0) is 72.5 Å². The van der Waals surface area contributed by atoms with Crippen LogP contribution in [0.2, 0.25) is 0 Å². The summed E-state index contributed by atoms with van der Waals surface area (Å²) in [5.41, 5.74) is 10.6. The summed E-state index contributed by atoms with van der Waals surface area (Å²) in [4.78, 5) is 9.84. The van der Waals surface area contributed by atoms with Crippen molar-refractivity contribution in [2.24, 2.45) is 4.40 Å². The van der Waals surface area contributed by atoms with Crippen molar-refractivity contribution in [1.29, 1.82) is 5.41 Å². The van der Waals surface area contributed by atoms with Crippen molar-refractivity contribution >= 4 is 58.3 Å². The molecule has 7 rings (SSSR count). The number of benzene rings is 4. The molecule has 0 atom stereocenters. The van der Waals surface area contributed by atoms with Crippen LogP contribution in [0.1, 0.15) is 17.0 Å². The molecule has 0 saturated carbocycles. The predicted octanol–water partition coefficient (Wildman–Crippen LogP) is 8.23. The molecule has 5 nitrogen and oxygen atoms in total. The van der Waals surface area contributed by atoms with E-state index in [4.69, 9.17) is 15.4 Å². The van der Waals surface area contributed by atoms with Crippen LogP contribution in [0.3, 0.4) is 0 Å². The van der Waals surface area contributed by atoms with Crippen LogP contribution in [-0.4, -0.2) is 26.0 Å². The van der Waals surface area contributed by atoms with Gasteiger partial charge in [0, 0.05) is 27.8 Å². The smallest absolute Gasteiger partial charge is 0.137 e. The summed E-state index contributed by atoms with van der Waals surface area (Å²) < 4.78 is 6.32. The van der Waals surface area contributed by atoms with Gasteiger partial charge in [0.25, 0.3) is 0 Å². The van der Waals surface area contributed by atoms with Crippen LogP contribution >= 0.6 is 12.8 Å². The van der Waals surface area contributed by atoms with Gasteiger partial charge in [0.05, 0.1) is 28.0 Å². The molecular weight excluding hydrogens is 510 g/mol. The summed E-state index contributed by atoms with van der Waals surface area (Å²) in [6.45, 7) is 3.96. The van der Waals surface area contributed by atoms with E-state index in [2.05, 4.69) is 89.0 Å². The van der Waals surface area contributed by atoms with Crippen molar-refractivity contribution in [2.75, 3.05) is 0 Å². The van der Waals surface area contributed by atoms with E-state index in [0.717, 1.165) is 67.0 Å². The molecular formula is C34H23N5S. The summed E-state index contributed by atoms with van der Waals surface area (Å²) in [6.07, 6.45) is 5.50. The van der Waals surface area contributed by atoms with Crippen molar-refractivity contribution in [1.82, 2.24) is 14.5 Å². The normalized spacial score (nSPS) is 13.7. The Bertz CT molecular complexity index is 2030. The number of fused-ring (bicyclic) bond motifs is 4. The topological polar surface area (TPSA) is 66.9 Å². The van der Waals surface area contributed by atoms with Gasteiger partial charge in [-0.1, -0.05) is 73.3 Å². The zero-order valence-electron chi connectivity index (χ0n) is 21.4. The number of imidazole rings is 1. The number of nitrogens with zero attached hydrogens (tertiary/aromatic N) is 4. The molecule has 1 N–H and O–H groups in total. The molecule has 0 saturated heterocycles. The first kappa shape index (κ1) is 24.0. The highest BCUT2D eigenvalue weighted by molar-refractivity contribution is 7.79. The van der Waals surface area contributed by atoms with E-state index in [0.29, 0.717) is 11.4 Å². The molecule has 0 radical (unpaired) electrons. The standard InChI is InChI=1S/C34H23N5S/c1-2-31-36-28-10-6-7-11-30(28)39(31)24-15-12-21(13-16-24)23-14-17-25-29(20-23)37-33(22-8-4-3-5-9-22)26-18-19-27(35)34(38-40)32(25)26/h2-20,35,40H,1H2. The van der Waals surface area contributed by atoms with Crippen LogP contribution in [0.15, 0.2) is 114 Å². The lowest BCUT2D eigenvalue weighted by Gasteiger charge is -2.20. The van der Waals surface area contributed by atoms with Crippen LogP contribution in [-0.2, 0) is 0 Å². The summed E-state index contributed by atoms with van der Waals surface area (Å²) >= 11 is 4.22. The molecule has 0 amide bonds. The van der Waals surface area contributed by atoms with E-state index >= 15 is 0 Å². The number of hydrogen-bond acceptors (Lipinski definition) is 5. The molecule has 0 aliphatic heterocycles. The molecule has 1 aliphatic rings. The first-order chi connectivity index (χ1) is 19.7. The number of para-hydroxylation sites is 2. The fraction of sp³-hybridized carbons (Fsp3) is 0. The molecule has 0 unspecified atom stereocenters. The quantitative estimate of drug-likeness (QED) is 0.224. The number of rotatable bonds is 4. The Labute approximate surface area is 237 Å². The second-order valence-electron chi connectivity index (χ2n) is 9.59. The van der Waals surface area contributed by atoms with Crippen molar-refractivity contribution in [3.8, 4) is 28.1 Å². The monoisotopic (exact) mass is 533 g/mol. The third-order valence-electron chi connectivity index (χ3n) is 7.31. The largest absolute Gasteiger partial charge is 0.299 e. The van der Waals surface area contributed by atoms with Gasteiger partial charge in [-0.25, -0.2) is 14.4 Å². The number of thiol groups is 1. The van der Waals surface area contributed by atoms with Crippen molar-refractivity contribution in [2.45, 2.75) is 0 Å². The molecule has 190 valence electrons. The number of aromatic nitrogens is 3. The van der Waals surface area contributed by atoms with E-state index in [-0.39, 0.29) is 0 Å². The van der Waals surface area contributed by atoms with Gasteiger partial charge >= 0.3 is 0 Å². The summed E-state index contributed by atoms with van der Waals surface area (Å²) in [6, 6.07) is 32.9. The lowest BCUT2D eigenvalue weighted by atomic mass is 9.87. The molecule has 6 aromatic rings. The fourth-order valence-electron chi connectivity index (χ4n) is 5.43. The van der Waals surface area contributed by atoms with E-state index in [1.165, 1.54) is 0 Å². The van der Waals surface area contributed by atoms with Crippen molar-refractivity contribution in [3.05, 3.63) is 127 Å². The van der Waals surface area contributed by atoms with Crippen molar-refractivity contribution < 1.29 is 0 Å². The Morgan fingerprint density at radius 3 is 2.30 bits per heavy atom. The fourth-order valence-corrected chi connectivity index (χ4v) is 5.64. The van der Waals surface area contributed by atoms with Crippen LogP contribution in [0.5, 0.6) is 0 Å². The highest BCUT2D eigenvalue weighted by Crippen LogP contribution is 2.36. The molecule has 40 heavy (non-hydrogen) atoms. The molecule has 0 bridgehead atoms. The highest BCUT2D eigenvalue weighted by atomic mass is 32.1. The van der Waals surface area contributed by atoms with Crippen LogP contribution < -0.4 is 0 Å². The molecule has 4 aromatic carbocycles. The van der Waals surface area contributed by atoms with Gasteiger partial charge in [0.2, 0.25) is 0 Å². The first-order valence-electron chi connectivity index (χ1n) is 12.9. The molecule has 2 aromatic heterocycles. The summed E-state index contributed by atoms with van der Waals surface area (Å²) in [5.74, 6) is 0.809. The number of allylic oxidation sites excluding steroid dienone is 1. The zero-order valence-corrected chi connectivity index (χ0v) is 22.3. The predicted molar refractivity (Wildman–Crippen MR) is 170 cm³/mol. The van der Waals surface area contributed by atoms with Crippen LogP contribution in [0.4, 0.5) is 0 Å². The maximum Gasteiger partial charge on any atom is 0.137 e. The van der Waals surface area contributed by atoms with Crippen LogP contribution in [0.25, 0.3) is 62.2 Å². The number of pyridine rings is 1. The van der Waals surface area contributed by atoms with Crippen molar-refractivity contribution in [3.63, 3.8) is 0 Å². The second kappa shape index (κ2) is 9.59. The Balaban J connectivity index is 1.38. The Hall–Kier alpha value is -5.07. The lowest BCUT2D eigenvalue weighted by molar-refractivity contribution is 1.07. The minimum absolute atomic E-state index is 0.333. The minimum Gasteiger partial charge on any atom is -0.299 e. The third-order valence-corrected chi connectivity index (χ3v) is 7.51. The zero-order chi connectivity index (χ0) is 27.2. The summed E-state index contributed by atoms with van der Waals surface area (Å²) in [7, 11) is 0. The van der Waals surface area contributed by atoms with E-state index in [9.17, 15) is 0 Å². The van der Waals surface area contributed by atoms with Gasteiger partial charge in [-0.3, -0.25) is 9.98 Å². The van der Waals surface area contributed by atoms with Gasteiger partial charge in [-0.2, -0.15) is 0 Å². The van der Waals surface area contributed by atoms with Gasteiger partial charge in [0.1, 0.15) is 11.5 Å². The number of hydrogen-bond donors (Lipinski definition) is 2. The van der Waals surface area contributed by atoms with Gasteiger partial charge in [0.15, 0.2) is 0 Å². The molecule has 6 heteroatoms. The SMILES string of the molecule is C=Cc1nc2ccccc2n1-c1ccc(-c2ccc3c4c(c(-c5ccccc5)nc3c2)C=CC(=N)C4=NS)cc1. The van der Waals surface area contributed by atoms with E-state index in [1.807, 2.05) is 42.5 Å². The average molecular weight is 534 g/mol. The van der Waals surface area contributed by atoms with E-state index < -0.39 is 0 Å². The third kappa shape index (κ3) is 3.81. The molecule has 0 spiro atoms. The molecule has 1 aliphatic carbocycles.